The molecule has 25 heavy (non-hydrogen) atoms. The van der Waals surface area contributed by atoms with E-state index in [0.29, 0.717) is 18.2 Å². The van der Waals surface area contributed by atoms with Crippen molar-refractivity contribution in [3.05, 3.63) is 41.8 Å². The van der Waals surface area contributed by atoms with Crippen molar-refractivity contribution in [2.45, 2.75) is 43.7 Å². The Morgan fingerprint density at radius 2 is 2.08 bits per heavy atom. The van der Waals surface area contributed by atoms with Gasteiger partial charge in [-0.05, 0) is 56.5 Å². The lowest BCUT2D eigenvalue weighted by atomic mass is 10.2. The van der Waals surface area contributed by atoms with E-state index in [4.69, 9.17) is 9.26 Å². The highest BCUT2D eigenvalue weighted by molar-refractivity contribution is 5.22. The summed E-state index contributed by atoms with van der Waals surface area (Å²) in [5.74, 6) is 2.17. The number of aliphatic hydroxyl groups is 1. The van der Waals surface area contributed by atoms with Crippen molar-refractivity contribution in [1.82, 2.24) is 15.0 Å². The first-order chi connectivity index (χ1) is 12.2. The Hall–Kier alpha value is -1.99. The molecule has 1 aliphatic carbocycles. The third kappa shape index (κ3) is 3.99. The van der Waals surface area contributed by atoms with Crippen molar-refractivity contribution in [2.75, 3.05) is 19.7 Å². The Morgan fingerprint density at radius 1 is 1.28 bits per heavy atom. The third-order valence-electron chi connectivity index (χ3n) is 4.75. The van der Waals surface area contributed by atoms with Crippen molar-refractivity contribution >= 4 is 0 Å². The fourth-order valence-electron chi connectivity index (χ4n) is 3.26. The number of halogens is 1. The smallest absolute Gasteiger partial charge is 0.229 e. The lowest BCUT2D eigenvalue weighted by Gasteiger charge is -2.24. The number of nitrogens with zero attached hydrogens (tertiary/aromatic N) is 3. The number of hydrogen-bond donors (Lipinski definition) is 1. The zero-order valence-corrected chi connectivity index (χ0v) is 14.0. The minimum atomic E-state index is -0.638. The van der Waals surface area contributed by atoms with Crippen LogP contribution in [0.3, 0.4) is 0 Å². The molecule has 2 aromatic rings. The molecule has 1 aromatic heterocycles. The average molecular weight is 347 g/mol. The fourth-order valence-corrected chi connectivity index (χ4v) is 3.26. The van der Waals surface area contributed by atoms with Crippen LogP contribution in [0, 0.1) is 5.82 Å². The minimum Gasteiger partial charge on any atom is -0.491 e. The Morgan fingerprint density at radius 3 is 2.84 bits per heavy atom. The molecule has 1 saturated carbocycles. The second kappa shape index (κ2) is 7.09. The van der Waals surface area contributed by atoms with E-state index in [1.54, 1.807) is 12.1 Å². The van der Waals surface area contributed by atoms with Gasteiger partial charge < -0.3 is 14.4 Å². The van der Waals surface area contributed by atoms with Crippen molar-refractivity contribution < 1.29 is 18.8 Å². The molecule has 0 spiro atoms. The van der Waals surface area contributed by atoms with Crippen LogP contribution in [-0.4, -0.2) is 45.9 Å². The number of rotatable bonds is 7. The van der Waals surface area contributed by atoms with Crippen LogP contribution in [0.1, 0.15) is 49.4 Å². The zero-order chi connectivity index (χ0) is 17.2. The lowest BCUT2D eigenvalue weighted by molar-refractivity contribution is 0.0623. The third-order valence-corrected chi connectivity index (χ3v) is 4.75. The van der Waals surface area contributed by atoms with E-state index >= 15 is 0 Å². The lowest BCUT2D eigenvalue weighted by Crippen LogP contribution is -2.35. The maximum atomic E-state index is 12.9. The van der Waals surface area contributed by atoms with Gasteiger partial charge in [0.25, 0.3) is 0 Å². The molecule has 1 aromatic carbocycles. The predicted molar refractivity (Wildman–Crippen MR) is 87.7 cm³/mol. The molecule has 0 unspecified atom stereocenters. The Kier molecular flexibility index (Phi) is 4.67. The molecule has 7 heteroatoms. The quantitative estimate of drug-likeness (QED) is 0.830. The molecule has 2 atom stereocenters. The van der Waals surface area contributed by atoms with Crippen LogP contribution in [0.5, 0.6) is 5.75 Å². The first-order valence-electron chi connectivity index (χ1n) is 8.83. The molecule has 2 fully saturated rings. The number of aromatic nitrogens is 2. The van der Waals surface area contributed by atoms with Gasteiger partial charge in [0.05, 0.1) is 6.04 Å². The van der Waals surface area contributed by atoms with Gasteiger partial charge in [0, 0.05) is 12.5 Å². The largest absolute Gasteiger partial charge is 0.491 e. The van der Waals surface area contributed by atoms with Crippen molar-refractivity contribution in [3.63, 3.8) is 0 Å². The Labute approximate surface area is 145 Å². The monoisotopic (exact) mass is 347 g/mol. The van der Waals surface area contributed by atoms with E-state index in [0.717, 1.165) is 43.9 Å². The molecule has 134 valence electrons. The van der Waals surface area contributed by atoms with Crippen LogP contribution < -0.4 is 4.74 Å². The van der Waals surface area contributed by atoms with Crippen LogP contribution in [0.2, 0.25) is 0 Å². The van der Waals surface area contributed by atoms with E-state index in [2.05, 4.69) is 15.0 Å². The summed E-state index contributed by atoms with van der Waals surface area (Å²) in [5.41, 5.74) is 0. The Bertz CT molecular complexity index is 702. The first kappa shape index (κ1) is 16.5. The topological polar surface area (TPSA) is 71.6 Å². The van der Waals surface area contributed by atoms with Gasteiger partial charge in [0.1, 0.15) is 24.3 Å². The molecular formula is C18H22FN3O3. The summed E-state index contributed by atoms with van der Waals surface area (Å²) in [6, 6.07) is 5.88. The number of benzene rings is 1. The summed E-state index contributed by atoms with van der Waals surface area (Å²) < 4.78 is 23.8. The van der Waals surface area contributed by atoms with E-state index in [-0.39, 0.29) is 18.5 Å². The minimum absolute atomic E-state index is 0.0942. The molecule has 0 bridgehead atoms. The van der Waals surface area contributed by atoms with Crippen LogP contribution in [0.25, 0.3) is 0 Å². The molecule has 2 heterocycles. The van der Waals surface area contributed by atoms with Gasteiger partial charge in [-0.1, -0.05) is 5.16 Å². The summed E-state index contributed by atoms with van der Waals surface area (Å²) in [5, 5.41) is 14.4. The van der Waals surface area contributed by atoms with Gasteiger partial charge in [0.15, 0.2) is 5.82 Å². The normalized spacial score (nSPS) is 22.2. The van der Waals surface area contributed by atoms with Crippen LogP contribution in [0.4, 0.5) is 4.39 Å². The van der Waals surface area contributed by atoms with Crippen LogP contribution in [-0.2, 0) is 0 Å². The van der Waals surface area contributed by atoms with Crippen molar-refractivity contribution in [1.29, 1.82) is 0 Å². The first-order valence-corrected chi connectivity index (χ1v) is 8.83. The van der Waals surface area contributed by atoms with Gasteiger partial charge in [-0.15, -0.1) is 0 Å². The second-order valence-corrected chi connectivity index (χ2v) is 6.84. The van der Waals surface area contributed by atoms with Crippen molar-refractivity contribution in [3.8, 4) is 5.75 Å². The molecule has 2 aliphatic rings. The summed E-state index contributed by atoms with van der Waals surface area (Å²) in [4.78, 5) is 6.73. The fraction of sp³-hybridized carbons (Fsp3) is 0.556. The molecule has 1 N–H and O–H groups in total. The highest BCUT2D eigenvalue weighted by Gasteiger charge is 2.34. The van der Waals surface area contributed by atoms with E-state index in [1.807, 2.05) is 0 Å². The number of aliphatic hydroxyl groups excluding tert-OH is 1. The molecule has 0 amide bonds. The summed E-state index contributed by atoms with van der Waals surface area (Å²) >= 11 is 0. The summed E-state index contributed by atoms with van der Waals surface area (Å²) in [6.07, 6.45) is 3.64. The highest BCUT2D eigenvalue weighted by atomic mass is 19.1. The van der Waals surface area contributed by atoms with E-state index in [1.165, 1.54) is 12.1 Å². The van der Waals surface area contributed by atoms with Crippen LogP contribution in [0.15, 0.2) is 28.8 Å². The SMILES string of the molecule is O[C@H](COc1ccc(F)cc1)CN1CCC[C@H]1c1noc(C2CC2)n1. The summed E-state index contributed by atoms with van der Waals surface area (Å²) in [7, 11) is 0. The molecule has 6 nitrogen and oxygen atoms in total. The van der Waals surface area contributed by atoms with E-state index in [9.17, 15) is 9.50 Å². The van der Waals surface area contributed by atoms with Gasteiger partial charge >= 0.3 is 0 Å². The second-order valence-electron chi connectivity index (χ2n) is 6.84. The van der Waals surface area contributed by atoms with Gasteiger partial charge in [0.2, 0.25) is 5.89 Å². The highest BCUT2D eigenvalue weighted by Crippen LogP contribution is 2.40. The van der Waals surface area contributed by atoms with Gasteiger partial charge in [-0.3, -0.25) is 4.90 Å². The maximum Gasteiger partial charge on any atom is 0.229 e. The summed E-state index contributed by atoms with van der Waals surface area (Å²) in [6.45, 7) is 1.54. The van der Waals surface area contributed by atoms with Gasteiger partial charge in [-0.2, -0.15) is 4.98 Å². The van der Waals surface area contributed by atoms with Crippen molar-refractivity contribution in [2.24, 2.45) is 0 Å². The molecule has 1 aliphatic heterocycles. The predicted octanol–water partition coefficient (Wildman–Crippen LogP) is 2.66. The molecule has 4 rings (SSSR count). The standard InChI is InChI=1S/C18H22FN3O3/c19-13-5-7-15(8-6-13)24-11-14(23)10-22-9-1-2-16(22)17-20-18(25-21-17)12-3-4-12/h5-8,12,14,16,23H,1-4,9-11H2/t14-,16-/m0/s1. The van der Waals surface area contributed by atoms with Crippen LogP contribution >= 0.6 is 0 Å². The molecule has 1 saturated heterocycles. The zero-order valence-electron chi connectivity index (χ0n) is 14.0. The number of hydrogen-bond acceptors (Lipinski definition) is 6. The number of β-amino-alcohol motifs (C(OH)–C–C–N with tert-alkyl or cyclic N) is 1. The number of ether oxygens (including phenoxy) is 1. The number of likely N-dealkylation sites (tertiary alicyclic amines) is 1. The average Bonchev–Trinajstić information content (AvgIpc) is 3.16. The molecular weight excluding hydrogens is 325 g/mol. The Balaban J connectivity index is 1.31. The maximum absolute atomic E-state index is 12.9. The van der Waals surface area contributed by atoms with Gasteiger partial charge in [-0.25, -0.2) is 4.39 Å². The van der Waals surface area contributed by atoms with E-state index < -0.39 is 6.10 Å². The molecule has 0 radical (unpaired) electrons.